The van der Waals surface area contributed by atoms with Gasteiger partial charge < -0.3 is 5.32 Å². The average molecular weight is 319 g/mol. The summed E-state index contributed by atoms with van der Waals surface area (Å²) in [4.78, 5) is 0. The first kappa shape index (κ1) is 15.2. The molecule has 2 aromatic rings. The van der Waals surface area contributed by atoms with Crippen molar-refractivity contribution in [3.05, 3.63) is 54.6 Å². The lowest BCUT2D eigenvalue weighted by atomic mass is 10.2. The van der Waals surface area contributed by atoms with Crippen LogP contribution in [0.3, 0.4) is 0 Å². The normalized spacial score (nSPS) is 17.4. The Morgan fingerprint density at radius 3 is 2.27 bits per heavy atom. The lowest BCUT2D eigenvalue weighted by Gasteiger charge is -2.43. The molecule has 22 heavy (non-hydrogen) atoms. The van der Waals surface area contributed by atoms with Crippen molar-refractivity contribution in [2.75, 3.05) is 28.7 Å². The molecule has 3 rings (SSSR count). The summed E-state index contributed by atoms with van der Waals surface area (Å²) in [6.07, 6.45) is 0.837. The van der Waals surface area contributed by atoms with Crippen molar-refractivity contribution < 1.29 is 9.11 Å². The molecule has 118 valence electrons. The Morgan fingerprint density at radius 1 is 0.955 bits per heavy atom. The molecule has 6 heteroatoms. The Hall–Kier alpha value is -1.73. The van der Waals surface area contributed by atoms with E-state index in [-0.39, 0.29) is 0 Å². The molecule has 0 fully saturated rings. The van der Waals surface area contributed by atoms with Crippen LogP contribution in [0.4, 0.5) is 17.1 Å². The van der Waals surface area contributed by atoms with Crippen LogP contribution in [0.1, 0.15) is 6.42 Å². The molecule has 0 atom stereocenters. The number of hydrogen-bond acceptors (Lipinski definition) is 5. The van der Waals surface area contributed by atoms with E-state index in [4.69, 9.17) is 0 Å². The maximum Gasteiger partial charge on any atom is 0.0896 e. The lowest BCUT2D eigenvalue weighted by molar-refractivity contribution is 0.483. The van der Waals surface area contributed by atoms with E-state index in [9.17, 15) is 9.11 Å². The number of rotatable bonds is 5. The van der Waals surface area contributed by atoms with Gasteiger partial charge in [0.2, 0.25) is 0 Å². The van der Waals surface area contributed by atoms with Gasteiger partial charge in [-0.05, 0) is 55.2 Å². The third-order valence-electron chi connectivity index (χ3n) is 3.69. The zero-order valence-electron chi connectivity index (χ0n) is 12.5. The highest BCUT2D eigenvalue weighted by molar-refractivity contribution is 8.27. The van der Waals surface area contributed by atoms with Gasteiger partial charge in [0.15, 0.2) is 0 Å². The van der Waals surface area contributed by atoms with Crippen molar-refractivity contribution >= 4 is 28.0 Å². The van der Waals surface area contributed by atoms with Gasteiger partial charge in [0.1, 0.15) is 0 Å². The summed E-state index contributed by atoms with van der Waals surface area (Å²) in [6.45, 7) is 1.42. The number of anilines is 3. The molecular formula is C16H21N3O2S. The average Bonchev–Trinajstić information content (AvgIpc) is 2.75. The highest BCUT2D eigenvalue weighted by Crippen LogP contribution is 2.63. The third-order valence-corrected chi connectivity index (χ3v) is 5.56. The minimum Gasteiger partial charge on any atom is -0.320 e. The molecule has 0 spiro atoms. The van der Waals surface area contributed by atoms with E-state index in [0.29, 0.717) is 6.54 Å². The zero-order chi connectivity index (χ0) is 15.6. The zero-order valence-corrected chi connectivity index (χ0v) is 13.3. The molecule has 0 aliphatic carbocycles. The maximum atomic E-state index is 10.9. The molecule has 0 unspecified atom stereocenters. The smallest absolute Gasteiger partial charge is 0.0896 e. The summed E-state index contributed by atoms with van der Waals surface area (Å²) in [7, 11) is -1.19. The molecule has 1 aliphatic heterocycles. The summed E-state index contributed by atoms with van der Waals surface area (Å²) in [5.74, 6) is 0. The molecule has 0 saturated carbocycles. The van der Waals surface area contributed by atoms with Gasteiger partial charge in [-0.2, -0.15) is 0 Å². The van der Waals surface area contributed by atoms with E-state index in [1.54, 1.807) is 8.61 Å². The predicted molar refractivity (Wildman–Crippen MR) is 93.8 cm³/mol. The summed E-state index contributed by atoms with van der Waals surface area (Å²) in [6, 6.07) is 17.2. The molecule has 5 nitrogen and oxygen atoms in total. The topological polar surface area (TPSA) is 59.0 Å². The Bertz CT molecular complexity index is 636. The second-order valence-corrected chi connectivity index (χ2v) is 6.95. The van der Waals surface area contributed by atoms with Crippen LogP contribution in [0.15, 0.2) is 54.6 Å². The summed E-state index contributed by atoms with van der Waals surface area (Å²) in [5.41, 5.74) is 2.48. The van der Waals surface area contributed by atoms with E-state index < -0.39 is 11.0 Å². The number of hydrogen-bond donors (Lipinski definition) is 3. The van der Waals surface area contributed by atoms with Gasteiger partial charge >= 0.3 is 0 Å². The van der Waals surface area contributed by atoms with E-state index in [2.05, 4.69) is 5.32 Å². The summed E-state index contributed by atoms with van der Waals surface area (Å²) < 4.78 is 25.1. The number of benzene rings is 2. The van der Waals surface area contributed by atoms with Crippen LogP contribution >= 0.6 is 11.0 Å². The van der Waals surface area contributed by atoms with Crippen LogP contribution < -0.4 is 13.9 Å². The van der Waals surface area contributed by atoms with Gasteiger partial charge in [0.25, 0.3) is 0 Å². The van der Waals surface area contributed by atoms with Crippen LogP contribution in [0.5, 0.6) is 0 Å². The molecule has 0 radical (unpaired) electrons. The lowest BCUT2D eigenvalue weighted by Crippen LogP contribution is -2.32. The first-order valence-electron chi connectivity index (χ1n) is 7.31. The van der Waals surface area contributed by atoms with Crippen molar-refractivity contribution in [1.82, 2.24) is 5.32 Å². The van der Waals surface area contributed by atoms with Crippen molar-refractivity contribution in [3.8, 4) is 0 Å². The molecule has 0 saturated heterocycles. The standard InChI is InChI=1S/C16H21N3O2S/c1-17-12-7-13-18-15-10-5-6-11-16(15)19(22(18,20)21)14-8-3-2-4-9-14/h2-6,8-11,17,20-21H,7,12-13H2,1H3. The highest BCUT2D eigenvalue weighted by atomic mass is 32.3. The monoisotopic (exact) mass is 319 g/mol. The Labute approximate surface area is 132 Å². The largest absolute Gasteiger partial charge is 0.320 e. The fourth-order valence-electron chi connectivity index (χ4n) is 2.70. The van der Waals surface area contributed by atoms with Crippen LogP contribution in [0.25, 0.3) is 0 Å². The van der Waals surface area contributed by atoms with E-state index >= 15 is 0 Å². The van der Waals surface area contributed by atoms with Gasteiger partial charge in [0.05, 0.1) is 17.1 Å². The van der Waals surface area contributed by atoms with Crippen LogP contribution in [0.2, 0.25) is 0 Å². The number of fused-ring (bicyclic) bond motifs is 1. The fraction of sp³-hybridized carbons (Fsp3) is 0.250. The van der Waals surface area contributed by atoms with Crippen molar-refractivity contribution in [1.29, 1.82) is 0 Å². The van der Waals surface area contributed by atoms with E-state index in [1.165, 1.54) is 0 Å². The molecule has 2 aromatic carbocycles. The Morgan fingerprint density at radius 2 is 1.59 bits per heavy atom. The Kier molecular flexibility index (Phi) is 4.26. The maximum absolute atomic E-state index is 10.9. The Balaban J connectivity index is 2.01. The summed E-state index contributed by atoms with van der Waals surface area (Å²) in [5, 5.41) is 3.09. The SMILES string of the molecule is CNCCCN1c2ccccc2N(c2ccccc2)S1(O)O. The minimum absolute atomic E-state index is 0.587. The fourth-order valence-corrected chi connectivity index (χ4v) is 4.51. The van der Waals surface area contributed by atoms with Crippen molar-refractivity contribution in [2.45, 2.75) is 6.42 Å². The van der Waals surface area contributed by atoms with Gasteiger partial charge in [-0.3, -0.25) is 13.4 Å². The van der Waals surface area contributed by atoms with Crippen molar-refractivity contribution in [3.63, 3.8) is 0 Å². The molecule has 0 bridgehead atoms. The molecule has 0 amide bonds. The van der Waals surface area contributed by atoms with Crippen LogP contribution in [0, 0.1) is 0 Å². The van der Waals surface area contributed by atoms with E-state index in [0.717, 1.165) is 30.0 Å². The summed E-state index contributed by atoms with van der Waals surface area (Å²) >= 11 is 0. The van der Waals surface area contributed by atoms with E-state index in [1.807, 2.05) is 61.6 Å². The van der Waals surface area contributed by atoms with Crippen LogP contribution in [-0.4, -0.2) is 29.2 Å². The second kappa shape index (κ2) is 6.18. The molecule has 1 heterocycles. The molecular weight excluding hydrogens is 298 g/mol. The quantitative estimate of drug-likeness (QED) is 0.731. The first-order valence-corrected chi connectivity index (χ1v) is 8.77. The molecule has 0 aromatic heterocycles. The second-order valence-electron chi connectivity index (χ2n) is 5.17. The minimum atomic E-state index is -3.08. The van der Waals surface area contributed by atoms with Gasteiger partial charge in [-0.15, -0.1) is 0 Å². The number of para-hydroxylation sites is 3. The van der Waals surface area contributed by atoms with Crippen molar-refractivity contribution in [2.24, 2.45) is 0 Å². The highest BCUT2D eigenvalue weighted by Gasteiger charge is 2.40. The first-order chi connectivity index (χ1) is 10.7. The molecule has 1 aliphatic rings. The molecule has 3 N–H and O–H groups in total. The van der Waals surface area contributed by atoms with Gasteiger partial charge in [-0.1, -0.05) is 30.3 Å². The predicted octanol–water partition coefficient (Wildman–Crippen LogP) is 3.83. The number of nitrogens with one attached hydrogen (secondary N) is 1. The van der Waals surface area contributed by atoms with Gasteiger partial charge in [-0.25, -0.2) is 4.31 Å². The van der Waals surface area contributed by atoms with Gasteiger partial charge in [0, 0.05) is 6.54 Å². The third kappa shape index (κ3) is 2.55. The number of nitrogens with zero attached hydrogens (tertiary/aromatic N) is 2. The van der Waals surface area contributed by atoms with Crippen LogP contribution in [-0.2, 0) is 0 Å².